The van der Waals surface area contributed by atoms with E-state index in [-0.39, 0.29) is 24.4 Å². The number of nitrogens with one attached hydrogen (secondary N) is 1. The summed E-state index contributed by atoms with van der Waals surface area (Å²) in [6.45, 7) is 4.95. The van der Waals surface area contributed by atoms with Crippen LogP contribution in [-0.2, 0) is 16.1 Å². The smallest absolute Gasteiger partial charge is 0.328 e. The molecule has 2 amide bonds. The van der Waals surface area contributed by atoms with Crippen molar-refractivity contribution >= 4 is 41.9 Å². The third kappa shape index (κ3) is 8.36. The molecule has 1 aromatic rings. The summed E-state index contributed by atoms with van der Waals surface area (Å²) in [5.74, 6) is 0.386. The van der Waals surface area contributed by atoms with Crippen molar-refractivity contribution in [3.05, 3.63) is 29.8 Å². The highest BCUT2D eigenvalue weighted by atomic mass is 35.5. The lowest BCUT2D eigenvalue weighted by Crippen LogP contribution is -2.48. The van der Waals surface area contributed by atoms with Gasteiger partial charge in [-0.3, -0.25) is 0 Å². The molecule has 0 aliphatic heterocycles. The predicted octanol–water partition coefficient (Wildman–Crippen LogP) is 2.91. The van der Waals surface area contributed by atoms with Gasteiger partial charge in [-0.25, -0.2) is 9.59 Å². The number of thioether (sulfide) groups is 1. The number of nitrogens with zero attached hydrogens (tertiary/aromatic N) is 1. The lowest BCUT2D eigenvalue weighted by atomic mass is 10.2. The summed E-state index contributed by atoms with van der Waals surface area (Å²) in [6, 6.07) is 6.50. The van der Waals surface area contributed by atoms with Crippen LogP contribution in [0.15, 0.2) is 24.3 Å². The molecule has 0 spiro atoms. The maximum Gasteiger partial charge on any atom is 0.328 e. The lowest BCUT2D eigenvalue weighted by molar-refractivity contribution is -0.145. The van der Waals surface area contributed by atoms with E-state index >= 15 is 0 Å². The summed E-state index contributed by atoms with van der Waals surface area (Å²) in [5, 5.41) is 2.79. The molecule has 1 aromatic carbocycles. The number of nitrogens with two attached hydrogens (primary N) is 1. The minimum Gasteiger partial charge on any atom is -0.464 e. The molecule has 0 saturated heterocycles. The first-order valence-corrected chi connectivity index (χ1v) is 9.46. The first-order chi connectivity index (χ1) is 11.5. The Kier molecular flexibility index (Phi) is 11.9. The van der Waals surface area contributed by atoms with Crippen LogP contribution in [0.5, 0.6) is 0 Å². The number of esters is 1. The number of ether oxygens (including phenoxy) is 1. The van der Waals surface area contributed by atoms with E-state index in [0.29, 0.717) is 31.8 Å². The number of hydrogen-bond donors (Lipinski definition) is 2. The van der Waals surface area contributed by atoms with Crippen LogP contribution < -0.4 is 11.1 Å². The quantitative estimate of drug-likeness (QED) is 0.501. The molecule has 0 fully saturated rings. The van der Waals surface area contributed by atoms with Gasteiger partial charge in [0, 0.05) is 18.8 Å². The zero-order chi connectivity index (χ0) is 17.9. The zero-order valence-corrected chi connectivity index (χ0v) is 16.6. The number of urea groups is 1. The zero-order valence-electron chi connectivity index (χ0n) is 15.0. The number of amides is 2. The molecule has 0 radical (unpaired) electrons. The maximum absolute atomic E-state index is 12.5. The molecule has 142 valence electrons. The van der Waals surface area contributed by atoms with E-state index in [4.69, 9.17) is 10.5 Å². The van der Waals surface area contributed by atoms with Gasteiger partial charge in [0.25, 0.3) is 0 Å². The summed E-state index contributed by atoms with van der Waals surface area (Å²) in [6.07, 6.45) is 2.51. The highest BCUT2D eigenvalue weighted by Crippen LogP contribution is 2.10. The van der Waals surface area contributed by atoms with Crippen molar-refractivity contribution in [1.29, 1.82) is 0 Å². The molecule has 0 aliphatic rings. The molecule has 0 unspecified atom stereocenters. The highest BCUT2D eigenvalue weighted by Gasteiger charge is 2.24. The largest absolute Gasteiger partial charge is 0.464 e. The lowest BCUT2D eigenvalue weighted by Gasteiger charge is -2.25. The minimum absolute atomic E-state index is 0. The molecule has 1 rings (SSSR count). The average Bonchev–Trinajstić information content (AvgIpc) is 2.58. The molecule has 8 heteroatoms. The van der Waals surface area contributed by atoms with Crippen molar-refractivity contribution in [1.82, 2.24) is 10.2 Å². The molecule has 0 aromatic heterocycles. The van der Waals surface area contributed by atoms with Gasteiger partial charge < -0.3 is 20.7 Å². The van der Waals surface area contributed by atoms with Crippen LogP contribution in [0.25, 0.3) is 0 Å². The molecule has 0 aliphatic carbocycles. The molecule has 6 nitrogen and oxygen atoms in total. The number of anilines is 1. The fourth-order valence-corrected chi connectivity index (χ4v) is 2.61. The van der Waals surface area contributed by atoms with Crippen molar-refractivity contribution in [2.45, 2.75) is 32.9 Å². The normalized spacial score (nSPS) is 11.2. The molecule has 0 bridgehead atoms. The fourth-order valence-electron chi connectivity index (χ4n) is 2.14. The molecule has 3 N–H and O–H groups in total. The van der Waals surface area contributed by atoms with Crippen LogP contribution in [0.1, 0.15) is 25.8 Å². The first kappa shape index (κ1) is 23.4. The van der Waals surface area contributed by atoms with E-state index in [1.165, 1.54) is 0 Å². The van der Waals surface area contributed by atoms with Gasteiger partial charge in [0.2, 0.25) is 0 Å². The second-order valence-corrected chi connectivity index (χ2v) is 6.28. The van der Waals surface area contributed by atoms with E-state index in [1.54, 1.807) is 35.7 Å². The van der Waals surface area contributed by atoms with Crippen LogP contribution >= 0.6 is 24.2 Å². The molecule has 25 heavy (non-hydrogen) atoms. The van der Waals surface area contributed by atoms with Gasteiger partial charge in [0.1, 0.15) is 6.04 Å². The van der Waals surface area contributed by atoms with Crippen molar-refractivity contribution in [2.24, 2.45) is 0 Å². The fraction of sp³-hybridized carbons (Fsp3) is 0.529. The van der Waals surface area contributed by atoms with E-state index in [0.717, 1.165) is 11.3 Å². The van der Waals surface area contributed by atoms with Crippen LogP contribution in [0, 0.1) is 0 Å². The summed E-state index contributed by atoms with van der Waals surface area (Å²) in [5.41, 5.74) is 7.35. The molecule has 0 heterocycles. The van der Waals surface area contributed by atoms with Gasteiger partial charge in [-0.15, -0.1) is 12.4 Å². The number of hydrogen-bond acceptors (Lipinski definition) is 5. The molecular formula is C17H28ClN3O3S. The first-order valence-electron chi connectivity index (χ1n) is 8.07. The van der Waals surface area contributed by atoms with Crippen molar-refractivity contribution < 1.29 is 14.3 Å². The number of benzene rings is 1. The van der Waals surface area contributed by atoms with Crippen LogP contribution in [0.4, 0.5) is 10.5 Å². The second kappa shape index (κ2) is 12.7. The third-order valence-electron chi connectivity index (χ3n) is 3.50. The standard InChI is InChI=1S/C17H27N3O3S.ClH/c1-4-20(12-13-6-8-14(18)9-7-13)17(22)19-15(10-11-24-3)16(21)23-5-2;/h6-9,15H,4-5,10-12,18H2,1-3H3,(H,19,22);1H/t15-;/m0./s1. The molecule has 0 saturated carbocycles. The van der Waals surface area contributed by atoms with E-state index in [9.17, 15) is 9.59 Å². The average molecular weight is 390 g/mol. The predicted molar refractivity (Wildman–Crippen MR) is 106 cm³/mol. The Morgan fingerprint density at radius 1 is 1.28 bits per heavy atom. The molecule has 1 atom stereocenters. The summed E-state index contributed by atoms with van der Waals surface area (Å²) in [4.78, 5) is 26.2. The van der Waals surface area contributed by atoms with Crippen LogP contribution in [-0.4, -0.2) is 48.1 Å². The van der Waals surface area contributed by atoms with Gasteiger partial charge in [0.05, 0.1) is 6.61 Å². The summed E-state index contributed by atoms with van der Waals surface area (Å²) >= 11 is 1.63. The van der Waals surface area contributed by atoms with Gasteiger partial charge in [0.15, 0.2) is 0 Å². The van der Waals surface area contributed by atoms with Crippen LogP contribution in [0.2, 0.25) is 0 Å². The van der Waals surface area contributed by atoms with Crippen molar-refractivity contribution in [2.75, 3.05) is 30.9 Å². The number of nitrogen functional groups attached to an aromatic ring is 1. The van der Waals surface area contributed by atoms with Crippen molar-refractivity contribution in [3.8, 4) is 0 Å². The van der Waals surface area contributed by atoms with Gasteiger partial charge >= 0.3 is 12.0 Å². The van der Waals surface area contributed by atoms with E-state index < -0.39 is 6.04 Å². The Balaban J connectivity index is 0.00000576. The van der Waals surface area contributed by atoms with Gasteiger partial charge in [-0.2, -0.15) is 11.8 Å². The Morgan fingerprint density at radius 3 is 2.44 bits per heavy atom. The SMILES string of the molecule is CCOC(=O)[C@H](CCSC)NC(=O)N(CC)Cc1ccc(N)cc1.Cl. The number of halogens is 1. The van der Waals surface area contributed by atoms with Gasteiger partial charge in [-0.05, 0) is 50.0 Å². The van der Waals surface area contributed by atoms with Gasteiger partial charge in [-0.1, -0.05) is 12.1 Å². The topological polar surface area (TPSA) is 84.7 Å². The Hall–Kier alpha value is -1.60. The summed E-state index contributed by atoms with van der Waals surface area (Å²) in [7, 11) is 0. The van der Waals surface area contributed by atoms with Crippen molar-refractivity contribution in [3.63, 3.8) is 0 Å². The third-order valence-corrected chi connectivity index (χ3v) is 4.15. The van der Waals surface area contributed by atoms with Crippen LogP contribution in [0.3, 0.4) is 0 Å². The Labute approximate surface area is 160 Å². The second-order valence-electron chi connectivity index (χ2n) is 5.29. The Morgan fingerprint density at radius 2 is 1.92 bits per heavy atom. The van der Waals surface area contributed by atoms with E-state index in [2.05, 4.69) is 5.32 Å². The number of rotatable bonds is 9. The summed E-state index contributed by atoms with van der Waals surface area (Å²) < 4.78 is 5.05. The monoisotopic (exact) mass is 389 g/mol. The van der Waals surface area contributed by atoms with E-state index in [1.807, 2.05) is 25.3 Å². The maximum atomic E-state index is 12.5. The molecular weight excluding hydrogens is 362 g/mol. The number of carbonyl (C=O) groups excluding carboxylic acids is 2. The number of carbonyl (C=O) groups is 2. The Bertz CT molecular complexity index is 528. The minimum atomic E-state index is -0.620. The highest BCUT2D eigenvalue weighted by molar-refractivity contribution is 7.98.